The highest BCUT2D eigenvalue weighted by molar-refractivity contribution is 5.90. The number of nitrogens with zero attached hydrogens (tertiary/aromatic N) is 4. The number of hydrogen-bond acceptors (Lipinski definition) is 4. The van der Waals surface area contributed by atoms with Crippen LogP contribution in [0, 0.1) is 6.92 Å². The minimum atomic E-state index is -0.0843. The van der Waals surface area contributed by atoms with E-state index in [1.807, 2.05) is 24.1 Å². The van der Waals surface area contributed by atoms with Crippen LogP contribution in [-0.4, -0.2) is 57.5 Å². The molecule has 0 saturated carbocycles. The van der Waals surface area contributed by atoms with Crippen molar-refractivity contribution in [2.24, 2.45) is 0 Å². The van der Waals surface area contributed by atoms with E-state index in [2.05, 4.69) is 32.2 Å². The summed E-state index contributed by atoms with van der Waals surface area (Å²) < 4.78 is 0. The van der Waals surface area contributed by atoms with Crippen LogP contribution in [0.1, 0.15) is 17.4 Å². The van der Waals surface area contributed by atoms with Crippen molar-refractivity contribution in [2.45, 2.75) is 13.0 Å². The third-order valence-corrected chi connectivity index (χ3v) is 4.03. The number of hydrogen-bond donors (Lipinski definition) is 2. The molecule has 2 aromatic rings. The fraction of sp³-hybridized carbons (Fsp3) is 0.400. The fourth-order valence-electron chi connectivity index (χ4n) is 2.62. The van der Waals surface area contributed by atoms with Crippen molar-refractivity contribution in [1.82, 2.24) is 24.8 Å². The molecule has 2 N–H and O–H groups in total. The van der Waals surface area contributed by atoms with Gasteiger partial charge < -0.3 is 15.2 Å². The van der Waals surface area contributed by atoms with Crippen LogP contribution in [0.25, 0.3) is 0 Å². The molecule has 1 aliphatic heterocycles. The second-order valence-corrected chi connectivity index (χ2v) is 5.54. The first-order valence-corrected chi connectivity index (χ1v) is 7.31. The van der Waals surface area contributed by atoms with E-state index in [0.717, 1.165) is 23.6 Å². The Labute approximate surface area is 129 Å². The summed E-state index contributed by atoms with van der Waals surface area (Å²) >= 11 is 0. The number of amides is 2. The van der Waals surface area contributed by atoms with Crippen LogP contribution in [0.5, 0.6) is 0 Å². The topological polar surface area (TPSA) is 77.2 Å². The lowest BCUT2D eigenvalue weighted by molar-refractivity contribution is 0.112. The highest BCUT2D eigenvalue weighted by Crippen LogP contribution is 2.22. The van der Waals surface area contributed by atoms with Gasteiger partial charge in [0.25, 0.3) is 0 Å². The summed E-state index contributed by atoms with van der Waals surface area (Å²) in [4.78, 5) is 28.0. The number of carbonyl (C=O) groups is 1. The maximum Gasteiger partial charge on any atom is 0.321 e. The van der Waals surface area contributed by atoms with Gasteiger partial charge in [0.15, 0.2) is 0 Å². The monoisotopic (exact) mass is 300 g/mol. The van der Waals surface area contributed by atoms with Crippen LogP contribution >= 0.6 is 0 Å². The number of likely N-dealkylation sites (N-methyl/N-ethyl adjacent to an activating group) is 1. The van der Waals surface area contributed by atoms with Gasteiger partial charge in [-0.05, 0) is 25.6 Å². The smallest absolute Gasteiger partial charge is 0.321 e. The second-order valence-electron chi connectivity index (χ2n) is 5.54. The molecular formula is C15H20N6O. The molecule has 3 rings (SSSR count). The molecule has 0 aliphatic carbocycles. The maximum atomic E-state index is 12.5. The van der Waals surface area contributed by atoms with Crippen molar-refractivity contribution in [3.63, 3.8) is 0 Å². The van der Waals surface area contributed by atoms with Crippen LogP contribution in [0.3, 0.4) is 0 Å². The lowest BCUT2D eigenvalue weighted by Gasteiger charge is -2.38. The highest BCUT2D eigenvalue weighted by atomic mass is 16.2. The predicted molar refractivity (Wildman–Crippen MR) is 83.5 cm³/mol. The molecule has 22 heavy (non-hydrogen) atoms. The van der Waals surface area contributed by atoms with Crippen molar-refractivity contribution >= 4 is 11.7 Å². The van der Waals surface area contributed by atoms with Gasteiger partial charge in [0, 0.05) is 50.1 Å². The van der Waals surface area contributed by atoms with Gasteiger partial charge in [-0.1, -0.05) is 0 Å². The molecule has 1 atom stereocenters. The molecular weight excluding hydrogens is 280 g/mol. The number of urea groups is 1. The summed E-state index contributed by atoms with van der Waals surface area (Å²) in [7, 11) is 2.05. The number of anilines is 1. The molecule has 2 aromatic heterocycles. The number of H-pyrrole nitrogens is 1. The Morgan fingerprint density at radius 1 is 1.41 bits per heavy atom. The number of aromatic amines is 1. The van der Waals surface area contributed by atoms with Gasteiger partial charge >= 0.3 is 6.03 Å². The number of piperazine rings is 1. The number of aryl methyl sites for hydroxylation is 1. The molecule has 7 nitrogen and oxygen atoms in total. The SMILES string of the molecule is Cc1cnccc1NC(=O)N1CCN(C)[C@@H](c2ncc[nH]2)C1. The van der Waals surface area contributed by atoms with E-state index < -0.39 is 0 Å². The molecule has 0 radical (unpaired) electrons. The van der Waals surface area contributed by atoms with E-state index >= 15 is 0 Å². The first-order valence-electron chi connectivity index (χ1n) is 7.31. The predicted octanol–water partition coefficient (Wildman–Crippen LogP) is 1.63. The lowest BCUT2D eigenvalue weighted by atomic mass is 10.1. The molecule has 1 saturated heterocycles. The van der Waals surface area contributed by atoms with Crippen molar-refractivity contribution in [2.75, 3.05) is 32.0 Å². The Bertz CT molecular complexity index is 641. The van der Waals surface area contributed by atoms with Gasteiger partial charge in [-0.2, -0.15) is 0 Å². The van der Waals surface area contributed by atoms with E-state index in [9.17, 15) is 4.79 Å². The summed E-state index contributed by atoms with van der Waals surface area (Å²) in [5.41, 5.74) is 1.75. The van der Waals surface area contributed by atoms with Gasteiger partial charge in [0.2, 0.25) is 0 Å². The summed E-state index contributed by atoms with van der Waals surface area (Å²) in [6, 6.07) is 1.82. The molecule has 2 amide bonds. The first kappa shape index (κ1) is 14.5. The average molecular weight is 300 g/mol. The van der Waals surface area contributed by atoms with Crippen molar-refractivity contribution in [3.05, 3.63) is 42.2 Å². The van der Waals surface area contributed by atoms with E-state index in [4.69, 9.17) is 0 Å². The molecule has 116 valence electrons. The van der Waals surface area contributed by atoms with E-state index in [0.29, 0.717) is 13.1 Å². The largest absolute Gasteiger partial charge is 0.347 e. The second kappa shape index (κ2) is 6.15. The summed E-state index contributed by atoms with van der Waals surface area (Å²) in [6.07, 6.45) is 6.97. The molecule has 7 heteroatoms. The van der Waals surface area contributed by atoms with E-state index in [1.165, 1.54) is 0 Å². The Kier molecular flexibility index (Phi) is 4.06. The first-order chi connectivity index (χ1) is 10.6. The Morgan fingerprint density at radius 3 is 3.00 bits per heavy atom. The minimum Gasteiger partial charge on any atom is -0.347 e. The summed E-state index contributed by atoms with van der Waals surface area (Å²) in [5.74, 6) is 0.889. The molecule has 0 aromatic carbocycles. The molecule has 3 heterocycles. The van der Waals surface area contributed by atoms with E-state index in [1.54, 1.807) is 18.6 Å². The average Bonchev–Trinajstić information content (AvgIpc) is 3.04. The van der Waals surface area contributed by atoms with Crippen LogP contribution in [0.2, 0.25) is 0 Å². The van der Waals surface area contributed by atoms with E-state index in [-0.39, 0.29) is 12.1 Å². The minimum absolute atomic E-state index is 0.0843. The number of imidazole rings is 1. The maximum absolute atomic E-state index is 12.5. The Balaban J connectivity index is 1.69. The molecule has 0 spiro atoms. The summed E-state index contributed by atoms with van der Waals surface area (Å²) in [5, 5.41) is 2.96. The van der Waals surface area contributed by atoms with Crippen molar-refractivity contribution in [1.29, 1.82) is 0 Å². The van der Waals surface area contributed by atoms with Crippen molar-refractivity contribution < 1.29 is 4.79 Å². The number of carbonyl (C=O) groups excluding carboxylic acids is 1. The molecule has 1 fully saturated rings. The third kappa shape index (κ3) is 2.94. The van der Waals surface area contributed by atoms with Crippen LogP contribution in [0.15, 0.2) is 30.9 Å². The normalized spacial score (nSPS) is 19.2. The van der Waals surface area contributed by atoms with Crippen molar-refractivity contribution in [3.8, 4) is 0 Å². The lowest BCUT2D eigenvalue weighted by Crippen LogP contribution is -2.50. The van der Waals surface area contributed by atoms with Crippen LogP contribution in [-0.2, 0) is 0 Å². The number of pyridine rings is 1. The molecule has 1 aliphatic rings. The number of aromatic nitrogens is 3. The quantitative estimate of drug-likeness (QED) is 0.884. The highest BCUT2D eigenvalue weighted by Gasteiger charge is 2.30. The van der Waals surface area contributed by atoms with Crippen LogP contribution in [0.4, 0.5) is 10.5 Å². The van der Waals surface area contributed by atoms with Gasteiger partial charge in [-0.25, -0.2) is 9.78 Å². The zero-order valence-electron chi connectivity index (χ0n) is 12.8. The fourth-order valence-corrected chi connectivity index (χ4v) is 2.62. The third-order valence-electron chi connectivity index (χ3n) is 4.03. The van der Waals surface area contributed by atoms with Gasteiger partial charge in [-0.15, -0.1) is 0 Å². The molecule has 0 bridgehead atoms. The standard InChI is InChI=1S/C15H20N6O/c1-11-9-16-4-3-12(11)19-15(22)21-8-7-20(2)13(10-21)14-17-5-6-18-14/h3-6,9,13H,7-8,10H2,1-2H3,(H,17,18)(H,16,19,22)/t13-/m1/s1. The van der Waals surface area contributed by atoms with Gasteiger partial charge in [0.05, 0.1) is 6.04 Å². The molecule has 0 unspecified atom stereocenters. The van der Waals surface area contributed by atoms with Crippen LogP contribution < -0.4 is 5.32 Å². The Hall–Kier alpha value is -2.41. The number of rotatable bonds is 2. The van der Waals surface area contributed by atoms with Gasteiger partial charge in [0.1, 0.15) is 5.82 Å². The van der Waals surface area contributed by atoms with Gasteiger partial charge in [-0.3, -0.25) is 9.88 Å². The number of nitrogens with one attached hydrogen (secondary N) is 2. The summed E-state index contributed by atoms with van der Waals surface area (Å²) in [6.45, 7) is 4.05. The zero-order valence-corrected chi connectivity index (χ0v) is 12.8. The zero-order chi connectivity index (χ0) is 15.5. The Morgan fingerprint density at radius 2 is 2.27 bits per heavy atom.